The minimum absolute atomic E-state index is 0.347. The summed E-state index contributed by atoms with van der Waals surface area (Å²) in [6.07, 6.45) is 8.42. The predicted octanol–water partition coefficient (Wildman–Crippen LogP) is 4.25. The monoisotopic (exact) mass is 261 g/mol. The van der Waals surface area contributed by atoms with Crippen LogP contribution in [0.25, 0.3) is 0 Å². The summed E-state index contributed by atoms with van der Waals surface area (Å²) in [7, 11) is 0. The van der Waals surface area contributed by atoms with Gasteiger partial charge in [-0.3, -0.25) is 0 Å². The highest BCUT2D eigenvalue weighted by molar-refractivity contribution is 7.99. The van der Waals surface area contributed by atoms with E-state index in [4.69, 9.17) is 5.21 Å². The molecule has 1 unspecified atom stereocenters. The van der Waals surface area contributed by atoms with Gasteiger partial charge in [0, 0.05) is 11.0 Å². The Hall–Kier alpha value is -1.22. The maximum atomic E-state index is 9.13. The Balaban J connectivity index is 1.95. The second-order valence-electron chi connectivity index (χ2n) is 4.46. The lowest BCUT2D eigenvalue weighted by atomic mass is 10.0. The van der Waals surface area contributed by atoms with E-state index in [1.54, 1.807) is 0 Å². The molecule has 0 bridgehead atoms. The first-order valence-corrected chi connectivity index (χ1v) is 7.46. The van der Waals surface area contributed by atoms with Crippen LogP contribution in [0.1, 0.15) is 31.2 Å². The van der Waals surface area contributed by atoms with Crippen molar-refractivity contribution in [1.82, 2.24) is 0 Å². The molecule has 1 aliphatic rings. The SMILES string of the molecule is ON=C1CCC=CCCC1SCc1ccccc1. The molecule has 0 radical (unpaired) electrons. The van der Waals surface area contributed by atoms with E-state index in [-0.39, 0.29) is 0 Å². The van der Waals surface area contributed by atoms with Crippen molar-refractivity contribution < 1.29 is 5.21 Å². The number of nitrogens with zero attached hydrogens (tertiary/aromatic N) is 1. The second-order valence-corrected chi connectivity index (χ2v) is 5.66. The maximum absolute atomic E-state index is 9.13. The van der Waals surface area contributed by atoms with Crippen molar-refractivity contribution in [3.63, 3.8) is 0 Å². The van der Waals surface area contributed by atoms with E-state index in [9.17, 15) is 0 Å². The van der Waals surface area contributed by atoms with E-state index in [1.165, 1.54) is 5.56 Å². The highest BCUT2D eigenvalue weighted by atomic mass is 32.2. The van der Waals surface area contributed by atoms with Gasteiger partial charge in [0.15, 0.2) is 0 Å². The smallest absolute Gasteiger partial charge is 0.0703 e. The molecule has 1 aliphatic carbocycles. The average molecular weight is 261 g/mol. The van der Waals surface area contributed by atoms with Crippen LogP contribution in [0.3, 0.4) is 0 Å². The molecular formula is C15H19NOS. The van der Waals surface area contributed by atoms with Crippen molar-refractivity contribution in [2.45, 2.75) is 36.7 Å². The Morgan fingerprint density at radius 1 is 1.17 bits per heavy atom. The molecule has 0 amide bonds. The fourth-order valence-electron chi connectivity index (χ4n) is 2.11. The Kier molecular flexibility index (Phi) is 5.34. The summed E-state index contributed by atoms with van der Waals surface area (Å²) in [6, 6.07) is 10.5. The highest BCUT2D eigenvalue weighted by Gasteiger charge is 2.17. The van der Waals surface area contributed by atoms with Crippen molar-refractivity contribution in [1.29, 1.82) is 0 Å². The number of allylic oxidation sites excluding steroid dienone is 2. The van der Waals surface area contributed by atoms with E-state index in [0.29, 0.717) is 5.25 Å². The molecule has 0 heterocycles. The Morgan fingerprint density at radius 3 is 2.72 bits per heavy atom. The third kappa shape index (κ3) is 3.91. The molecule has 0 aliphatic heterocycles. The molecule has 18 heavy (non-hydrogen) atoms. The topological polar surface area (TPSA) is 32.6 Å². The summed E-state index contributed by atoms with van der Waals surface area (Å²) in [5, 5.41) is 13.0. The summed E-state index contributed by atoms with van der Waals surface area (Å²) in [6.45, 7) is 0. The van der Waals surface area contributed by atoms with Crippen LogP contribution in [-0.2, 0) is 5.75 Å². The van der Waals surface area contributed by atoms with Crippen molar-refractivity contribution in [3.05, 3.63) is 48.0 Å². The summed E-state index contributed by atoms with van der Waals surface area (Å²) >= 11 is 1.88. The molecule has 1 atom stereocenters. The van der Waals surface area contributed by atoms with Gasteiger partial charge in [0.25, 0.3) is 0 Å². The van der Waals surface area contributed by atoms with Gasteiger partial charge in [-0.2, -0.15) is 0 Å². The first kappa shape index (κ1) is 13.2. The molecule has 3 heteroatoms. The van der Waals surface area contributed by atoms with Crippen molar-refractivity contribution in [3.8, 4) is 0 Å². The largest absolute Gasteiger partial charge is 0.411 e. The Bertz CT molecular complexity index is 414. The number of thioether (sulfide) groups is 1. The van der Waals surface area contributed by atoms with Gasteiger partial charge < -0.3 is 5.21 Å². The summed E-state index contributed by atoms with van der Waals surface area (Å²) < 4.78 is 0. The van der Waals surface area contributed by atoms with Crippen LogP contribution >= 0.6 is 11.8 Å². The predicted molar refractivity (Wildman–Crippen MR) is 78.4 cm³/mol. The van der Waals surface area contributed by atoms with Crippen LogP contribution in [0.15, 0.2) is 47.6 Å². The van der Waals surface area contributed by atoms with E-state index in [2.05, 4.69) is 41.6 Å². The number of rotatable bonds is 3. The van der Waals surface area contributed by atoms with Crippen LogP contribution in [0.5, 0.6) is 0 Å². The van der Waals surface area contributed by atoms with Gasteiger partial charge in [0.05, 0.1) is 5.71 Å². The zero-order valence-electron chi connectivity index (χ0n) is 10.5. The minimum Gasteiger partial charge on any atom is -0.411 e. The third-order valence-corrected chi connectivity index (χ3v) is 4.53. The molecule has 0 saturated carbocycles. The van der Waals surface area contributed by atoms with Gasteiger partial charge >= 0.3 is 0 Å². The lowest BCUT2D eigenvalue weighted by Crippen LogP contribution is -2.18. The first-order chi connectivity index (χ1) is 8.90. The maximum Gasteiger partial charge on any atom is 0.0703 e. The van der Waals surface area contributed by atoms with Gasteiger partial charge in [-0.25, -0.2) is 0 Å². The third-order valence-electron chi connectivity index (χ3n) is 3.12. The molecular weight excluding hydrogens is 242 g/mol. The molecule has 2 rings (SSSR count). The van der Waals surface area contributed by atoms with Crippen LogP contribution in [-0.4, -0.2) is 16.2 Å². The fourth-order valence-corrected chi connectivity index (χ4v) is 3.35. The normalized spacial score (nSPS) is 22.7. The van der Waals surface area contributed by atoms with Gasteiger partial charge in [-0.05, 0) is 31.2 Å². The van der Waals surface area contributed by atoms with Crippen molar-refractivity contribution in [2.75, 3.05) is 0 Å². The molecule has 0 aromatic heterocycles. The van der Waals surface area contributed by atoms with Crippen molar-refractivity contribution >= 4 is 17.5 Å². The lowest BCUT2D eigenvalue weighted by molar-refractivity contribution is 0.316. The molecule has 0 saturated heterocycles. The molecule has 96 valence electrons. The number of hydrogen-bond acceptors (Lipinski definition) is 3. The second kappa shape index (κ2) is 7.27. The average Bonchev–Trinajstić information content (AvgIpc) is 2.39. The minimum atomic E-state index is 0.347. The quantitative estimate of drug-likeness (QED) is 0.501. The van der Waals surface area contributed by atoms with Gasteiger partial charge in [-0.1, -0.05) is 47.6 Å². The summed E-state index contributed by atoms with van der Waals surface area (Å²) in [5.74, 6) is 0.980. The summed E-state index contributed by atoms with van der Waals surface area (Å²) in [5.41, 5.74) is 2.28. The van der Waals surface area contributed by atoms with Gasteiger partial charge in [0.1, 0.15) is 0 Å². The molecule has 1 aromatic carbocycles. The zero-order chi connectivity index (χ0) is 12.6. The number of hydrogen-bond donors (Lipinski definition) is 1. The van der Waals surface area contributed by atoms with Crippen LogP contribution < -0.4 is 0 Å². The lowest BCUT2D eigenvalue weighted by Gasteiger charge is -2.18. The fraction of sp³-hybridized carbons (Fsp3) is 0.400. The summed E-state index contributed by atoms with van der Waals surface area (Å²) in [4.78, 5) is 0. The number of oxime groups is 1. The molecule has 0 fully saturated rings. The Labute approximate surface area is 113 Å². The highest BCUT2D eigenvalue weighted by Crippen LogP contribution is 2.26. The van der Waals surface area contributed by atoms with Gasteiger partial charge in [-0.15, -0.1) is 11.8 Å². The first-order valence-electron chi connectivity index (χ1n) is 6.41. The van der Waals surface area contributed by atoms with Crippen LogP contribution in [0.2, 0.25) is 0 Å². The molecule has 0 spiro atoms. The molecule has 1 N–H and O–H groups in total. The van der Waals surface area contributed by atoms with Crippen molar-refractivity contribution in [2.24, 2.45) is 5.16 Å². The molecule has 2 nitrogen and oxygen atoms in total. The van der Waals surface area contributed by atoms with Crippen LogP contribution in [0.4, 0.5) is 0 Å². The van der Waals surface area contributed by atoms with E-state index >= 15 is 0 Å². The standard InChI is InChI=1S/C15H19NOS/c17-16-14-10-6-1-2-7-11-15(14)18-12-13-8-4-3-5-9-13/h1-5,8-9,15,17H,6-7,10-12H2. The van der Waals surface area contributed by atoms with Gasteiger partial charge in [0.2, 0.25) is 0 Å². The zero-order valence-corrected chi connectivity index (χ0v) is 11.3. The van der Waals surface area contributed by atoms with E-state index in [0.717, 1.165) is 37.1 Å². The molecule has 1 aromatic rings. The van der Waals surface area contributed by atoms with E-state index < -0.39 is 0 Å². The number of benzene rings is 1. The van der Waals surface area contributed by atoms with Crippen LogP contribution in [0, 0.1) is 0 Å². The van der Waals surface area contributed by atoms with E-state index in [1.807, 2.05) is 17.8 Å². The Morgan fingerprint density at radius 2 is 1.94 bits per heavy atom.